The molecule has 4 heteroatoms. The standard InChI is InChI=1S/C16H14O3S/c1-3-13-5-9-15(10-6-13)20(17,18)16-11-7-14(8-12-16)19-4-2/h3-12H,1-2H2. The van der Waals surface area contributed by atoms with Crippen LogP contribution >= 0.6 is 0 Å². The Bertz CT molecular complexity index is 711. The molecule has 0 heterocycles. The first-order chi connectivity index (χ1) is 9.57. The van der Waals surface area contributed by atoms with Crippen LogP contribution in [0.2, 0.25) is 0 Å². The third-order valence-electron chi connectivity index (χ3n) is 2.78. The maximum absolute atomic E-state index is 12.4. The van der Waals surface area contributed by atoms with Gasteiger partial charge in [0, 0.05) is 0 Å². The molecule has 0 spiro atoms. The highest BCUT2D eigenvalue weighted by molar-refractivity contribution is 7.91. The molecular formula is C16H14O3S. The van der Waals surface area contributed by atoms with E-state index in [0.29, 0.717) is 5.75 Å². The van der Waals surface area contributed by atoms with Gasteiger partial charge in [-0.3, -0.25) is 0 Å². The van der Waals surface area contributed by atoms with E-state index >= 15 is 0 Å². The molecule has 0 bridgehead atoms. The van der Waals surface area contributed by atoms with Gasteiger partial charge in [0.25, 0.3) is 0 Å². The molecule has 0 aromatic heterocycles. The van der Waals surface area contributed by atoms with Crippen LogP contribution in [0.1, 0.15) is 5.56 Å². The molecule has 0 aliphatic rings. The molecule has 0 aliphatic carbocycles. The summed E-state index contributed by atoms with van der Waals surface area (Å²) in [5, 5.41) is 0. The Hall–Kier alpha value is -2.33. The lowest BCUT2D eigenvalue weighted by molar-refractivity contribution is 0.483. The summed E-state index contributed by atoms with van der Waals surface area (Å²) in [6.45, 7) is 7.08. The number of rotatable bonds is 5. The van der Waals surface area contributed by atoms with Crippen LogP contribution in [0.5, 0.6) is 5.75 Å². The Morgan fingerprint density at radius 2 is 1.35 bits per heavy atom. The van der Waals surface area contributed by atoms with Crippen molar-refractivity contribution in [2.24, 2.45) is 0 Å². The number of hydrogen-bond donors (Lipinski definition) is 0. The molecule has 0 fully saturated rings. The van der Waals surface area contributed by atoms with Crippen LogP contribution in [-0.2, 0) is 9.84 Å². The first-order valence-electron chi connectivity index (χ1n) is 5.93. The van der Waals surface area contributed by atoms with Gasteiger partial charge in [-0.25, -0.2) is 8.42 Å². The van der Waals surface area contributed by atoms with Crippen molar-refractivity contribution < 1.29 is 13.2 Å². The monoisotopic (exact) mass is 286 g/mol. The number of sulfone groups is 1. The van der Waals surface area contributed by atoms with E-state index in [4.69, 9.17) is 4.74 Å². The van der Waals surface area contributed by atoms with Crippen molar-refractivity contribution in [3.63, 3.8) is 0 Å². The van der Waals surface area contributed by atoms with Crippen LogP contribution in [0.3, 0.4) is 0 Å². The minimum absolute atomic E-state index is 0.222. The lowest BCUT2D eigenvalue weighted by Crippen LogP contribution is -2.01. The average molecular weight is 286 g/mol. The van der Waals surface area contributed by atoms with Crippen LogP contribution in [0.4, 0.5) is 0 Å². The normalized spacial score (nSPS) is 10.8. The Labute approximate surface area is 118 Å². The molecule has 0 amide bonds. The summed E-state index contributed by atoms with van der Waals surface area (Å²) in [7, 11) is -3.51. The molecular weight excluding hydrogens is 272 g/mol. The Morgan fingerprint density at radius 1 is 0.850 bits per heavy atom. The first kappa shape index (κ1) is 14.1. The average Bonchev–Trinajstić information content (AvgIpc) is 2.48. The minimum Gasteiger partial charge on any atom is -0.466 e. The lowest BCUT2D eigenvalue weighted by Gasteiger charge is -2.06. The molecule has 0 saturated carbocycles. The minimum atomic E-state index is -3.51. The SMILES string of the molecule is C=COc1ccc(S(=O)(=O)c2ccc(C=C)cc2)cc1. The van der Waals surface area contributed by atoms with Gasteiger partial charge < -0.3 is 4.74 Å². The second-order valence-corrected chi connectivity index (χ2v) is 5.98. The van der Waals surface area contributed by atoms with Gasteiger partial charge in [-0.15, -0.1) is 0 Å². The fourth-order valence-corrected chi connectivity index (χ4v) is 2.97. The third kappa shape index (κ3) is 2.81. The zero-order valence-corrected chi connectivity index (χ0v) is 11.6. The first-order valence-corrected chi connectivity index (χ1v) is 7.41. The number of hydrogen-bond acceptors (Lipinski definition) is 3. The van der Waals surface area contributed by atoms with Gasteiger partial charge in [0.2, 0.25) is 9.84 Å². The molecule has 0 radical (unpaired) electrons. The van der Waals surface area contributed by atoms with Gasteiger partial charge in [-0.1, -0.05) is 31.4 Å². The van der Waals surface area contributed by atoms with Gasteiger partial charge in [-0.05, 0) is 42.0 Å². The molecule has 3 nitrogen and oxygen atoms in total. The van der Waals surface area contributed by atoms with Gasteiger partial charge in [-0.2, -0.15) is 0 Å². The lowest BCUT2D eigenvalue weighted by atomic mass is 10.2. The largest absolute Gasteiger partial charge is 0.466 e. The molecule has 0 N–H and O–H groups in total. The summed E-state index contributed by atoms with van der Waals surface area (Å²) < 4.78 is 29.9. The van der Waals surface area contributed by atoms with E-state index in [2.05, 4.69) is 13.2 Å². The van der Waals surface area contributed by atoms with E-state index in [9.17, 15) is 8.42 Å². The summed E-state index contributed by atoms with van der Waals surface area (Å²) in [4.78, 5) is 0.473. The van der Waals surface area contributed by atoms with Crippen molar-refractivity contribution >= 4 is 15.9 Å². The number of benzene rings is 2. The summed E-state index contributed by atoms with van der Waals surface area (Å²) in [6.07, 6.45) is 2.95. The van der Waals surface area contributed by atoms with Crippen molar-refractivity contribution in [2.45, 2.75) is 9.79 Å². The highest BCUT2D eigenvalue weighted by atomic mass is 32.2. The highest BCUT2D eigenvalue weighted by Crippen LogP contribution is 2.23. The summed E-state index contributed by atoms with van der Waals surface area (Å²) in [5.74, 6) is 0.543. The van der Waals surface area contributed by atoms with Crippen molar-refractivity contribution in [1.29, 1.82) is 0 Å². The zero-order chi connectivity index (χ0) is 14.6. The van der Waals surface area contributed by atoms with Crippen LogP contribution in [-0.4, -0.2) is 8.42 Å². The van der Waals surface area contributed by atoms with Crippen LogP contribution in [0.15, 0.2) is 77.7 Å². The topological polar surface area (TPSA) is 43.4 Å². The molecule has 2 aromatic rings. The summed E-state index contributed by atoms with van der Waals surface area (Å²) in [6, 6.07) is 12.8. The van der Waals surface area contributed by atoms with E-state index < -0.39 is 9.84 Å². The molecule has 0 aliphatic heterocycles. The predicted molar refractivity (Wildman–Crippen MR) is 79.3 cm³/mol. The van der Waals surface area contributed by atoms with E-state index in [1.54, 1.807) is 42.5 Å². The van der Waals surface area contributed by atoms with E-state index in [0.717, 1.165) is 5.56 Å². The maximum Gasteiger partial charge on any atom is 0.206 e. The zero-order valence-electron chi connectivity index (χ0n) is 10.8. The van der Waals surface area contributed by atoms with Crippen LogP contribution in [0, 0.1) is 0 Å². The highest BCUT2D eigenvalue weighted by Gasteiger charge is 2.17. The van der Waals surface area contributed by atoms with Crippen molar-refractivity contribution in [2.75, 3.05) is 0 Å². The molecule has 2 rings (SSSR count). The van der Waals surface area contributed by atoms with E-state index in [1.807, 2.05) is 0 Å². The van der Waals surface area contributed by atoms with Crippen molar-refractivity contribution in [1.82, 2.24) is 0 Å². The third-order valence-corrected chi connectivity index (χ3v) is 4.57. The maximum atomic E-state index is 12.4. The van der Waals surface area contributed by atoms with E-state index in [-0.39, 0.29) is 9.79 Å². The van der Waals surface area contributed by atoms with Crippen LogP contribution in [0.25, 0.3) is 6.08 Å². The molecule has 102 valence electrons. The quantitative estimate of drug-likeness (QED) is 0.787. The molecule has 2 aromatic carbocycles. The van der Waals surface area contributed by atoms with Gasteiger partial charge in [0.1, 0.15) is 5.75 Å². The fourth-order valence-electron chi connectivity index (χ4n) is 1.71. The second-order valence-electron chi connectivity index (χ2n) is 4.03. The van der Waals surface area contributed by atoms with Gasteiger partial charge in [0.15, 0.2) is 0 Å². The summed E-state index contributed by atoms with van der Waals surface area (Å²) in [5.41, 5.74) is 0.874. The van der Waals surface area contributed by atoms with Gasteiger partial charge >= 0.3 is 0 Å². The van der Waals surface area contributed by atoms with Crippen molar-refractivity contribution in [3.05, 3.63) is 73.5 Å². The van der Waals surface area contributed by atoms with Crippen LogP contribution < -0.4 is 4.74 Å². The van der Waals surface area contributed by atoms with E-state index in [1.165, 1.54) is 18.4 Å². The smallest absolute Gasteiger partial charge is 0.206 e. The van der Waals surface area contributed by atoms with Gasteiger partial charge in [0.05, 0.1) is 16.1 Å². The molecule has 0 saturated heterocycles. The Balaban J connectivity index is 2.37. The Kier molecular flexibility index (Phi) is 4.05. The second kappa shape index (κ2) is 5.75. The summed E-state index contributed by atoms with van der Waals surface area (Å²) >= 11 is 0. The molecule has 0 unspecified atom stereocenters. The van der Waals surface area contributed by atoms with Crippen molar-refractivity contribution in [3.8, 4) is 5.75 Å². The fraction of sp³-hybridized carbons (Fsp3) is 0. The Morgan fingerprint density at radius 3 is 1.80 bits per heavy atom. The molecule has 20 heavy (non-hydrogen) atoms. The molecule has 0 atom stereocenters. The number of ether oxygens (including phenoxy) is 1. The predicted octanol–water partition coefficient (Wildman–Crippen LogP) is 3.68.